The number of benzene rings is 2. The molecule has 0 amide bonds. The number of H-pyrrole nitrogens is 1. The molecule has 1 aromatic heterocycles. The second kappa shape index (κ2) is 5.90. The van der Waals surface area contributed by atoms with Crippen molar-refractivity contribution in [1.82, 2.24) is 14.3 Å². The first-order valence-corrected chi connectivity index (χ1v) is 8.57. The number of aromatic amines is 1. The maximum atomic E-state index is 12.4. The van der Waals surface area contributed by atoms with E-state index in [1.54, 1.807) is 7.05 Å². The molecule has 0 spiro atoms. The Morgan fingerprint density at radius 3 is 2.45 bits per heavy atom. The van der Waals surface area contributed by atoms with E-state index in [1.807, 2.05) is 54.6 Å². The van der Waals surface area contributed by atoms with E-state index in [4.69, 9.17) is 0 Å². The fraction of sp³-hybridized carbons (Fsp3) is 0.188. The summed E-state index contributed by atoms with van der Waals surface area (Å²) in [6, 6.07) is 16.8. The SMILES string of the molecule is CN(Cc1nc2ccccc2[nH]1)S(=O)(=O)Cc1ccccc1. The van der Waals surface area contributed by atoms with Crippen LogP contribution in [0.25, 0.3) is 11.0 Å². The van der Waals surface area contributed by atoms with E-state index in [9.17, 15) is 8.42 Å². The molecule has 0 unspecified atom stereocenters. The molecule has 0 saturated heterocycles. The summed E-state index contributed by atoms with van der Waals surface area (Å²) in [4.78, 5) is 7.56. The average Bonchev–Trinajstić information content (AvgIpc) is 2.90. The highest BCUT2D eigenvalue weighted by atomic mass is 32.2. The van der Waals surface area contributed by atoms with Gasteiger partial charge in [0, 0.05) is 7.05 Å². The van der Waals surface area contributed by atoms with E-state index in [0.29, 0.717) is 5.82 Å². The summed E-state index contributed by atoms with van der Waals surface area (Å²) >= 11 is 0. The molecule has 114 valence electrons. The molecule has 0 fully saturated rings. The van der Waals surface area contributed by atoms with Gasteiger partial charge in [0.1, 0.15) is 5.82 Å². The third-order valence-corrected chi connectivity index (χ3v) is 5.25. The van der Waals surface area contributed by atoms with E-state index in [1.165, 1.54) is 4.31 Å². The monoisotopic (exact) mass is 315 g/mol. The number of fused-ring (bicyclic) bond motifs is 1. The lowest BCUT2D eigenvalue weighted by molar-refractivity contribution is 0.458. The Balaban J connectivity index is 1.76. The van der Waals surface area contributed by atoms with Crippen molar-refractivity contribution in [1.29, 1.82) is 0 Å². The first kappa shape index (κ1) is 14.7. The summed E-state index contributed by atoms with van der Waals surface area (Å²) < 4.78 is 26.1. The fourth-order valence-corrected chi connectivity index (χ4v) is 3.44. The topological polar surface area (TPSA) is 66.1 Å². The average molecular weight is 315 g/mol. The maximum absolute atomic E-state index is 12.4. The van der Waals surface area contributed by atoms with Gasteiger partial charge in [-0.25, -0.2) is 13.4 Å². The molecule has 0 aliphatic rings. The largest absolute Gasteiger partial charge is 0.341 e. The Hall–Kier alpha value is -2.18. The molecule has 3 rings (SSSR count). The lowest BCUT2D eigenvalue weighted by Gasteiger charge is -2.15. The van der Waals surface area contributed by atoms with Gasteiger partial charge in [-0.05, 0) is 17.7 Å². The van der Waals surface area contributed by atoms with Crippen LogP contribution in [0.3, 0.4) is 0 Å². The van der Waals surface area contributed by atoms with Gasteiger partial charge in [-0.2, -0.15) is 4.31 Å². The van der Waals surface area contributed by atoms with Crippen molar-refractivity contribution in [3.05, 3.63) is 66.0 Å². The van der Waals surface area contributed by atoms with Crippen molar-refractivity contribution in [3.63, 3.8) is 0 Å². The van der Waals surface area contributed by atoms with Crippen LogP contribution >= 0.6 is 0 Å². The Labute approximate surface area is 129 Å². The van der Waals surface area contributed by atoms with Gasteiger partial charge in [-0.15, -0.1) is 0 Å². The molecule has 0 saturated carbocycles. The Morgan fingerprint density at radius 1 is 1.05 bits per heavy atom. The minimum absolute atomic E-state index is 0.00936. The zero-order chi connectivity index (χ0) is 15.6. The Kier molecular flexibility index (Phi) is 3.96. The third kappa shape index (κ3) is 3.18. The second-order valence-corrected chi connectivity index (χ2v) is 7.27. The van der Waals surface area contributed by atoms with Crippen LogP contribution in [0.15, 0.2) is 54.6 Å². The van der Waals surface area contributed by atoms with Crippen LogP contribution < -0.4 is 0 Å². The summed E-state index contributed by atoms with van der Waals surface area (Å²) in [5, 5.41) is 0. The van der Waals surface area contributed by atoms with Gasteiger partial charge in [-0.3, -0.25) is 0 Å². The number of para-hydroxylation sites is 2. The van der Waals surface area contributed by atoms with E-state index < -0.39 is 10.0 Å². The van der Waals surface area contributed by atoms with Crippen molar-refractivity contribution in [2.24, 2.45) is 0 Å². The van der Waals surface area contributed by atoms with Gasteiger partial charge >= 0.3 is 0 Å². The predicted molar refractivity (Wildman–Crippen MR) is 86.6 cm³/mol. The third-order valence-electron chi connectivity index (χ3n) is 3.48. The quantitative estimate of drug-likeness (QED) is 0.787. The van der Waals surface area contributed by atoms with Crippen LogP contribution in [0, 0.1) is 0 Å². The fourth-order valence-electron chi connectivity index (χ4n) is 2.28. The van der Waals surface area contributed by atoms with Gasteiger partial charge < -0.3 is 4.98 Å². The molecule has 1 heterocycles. The minimum Gasteiger partial charge on any atom is -0.341 e. The zero-order valence-electron chi connectivity index (χ0n) is 12.2. The molecule has 0 aliphatic carbocycles. The van der Waals surface area contributed by atoms with Crippen LogP contribution in [-0.4, -0.2) is 29.7 Å². The first-order valence-electron chi connectivity index (χ1n) is 6.96. The number of rotatable bonds is 5. The molecule has 0 bridgehead atoms. The normalized spacial score (nSPS) is 12.1. The van der Waals surface area contributed by atoms with Crippen LogP contribution in [0.4, 0.5) is 0 Å². The highest BCUT2D eigenvalue weighted by Crippen LogP contribution is 2.14. The van der Waals surface area contributed by atoms with Crippen molar-refractivity contribution in [2.45, 2.75) is 12.3 Å². The van der Waals surface area contributed by atoms with Gasteiger partial charge in [0.25, 0.3) is 0 Å². The summed E-state index contributed by atoms with van der Waals surface area (Å²) in [6.45, 7) is 0.226. The molecule has 3 aromatic rings. The number of nitrogens with zero attached hydrogens (tertiary/aromatic N) is 2. The molecule has 22 heavy (non-hydrogen) atoms. The number of imidazole rings is 1. The van der Waals surface area contributed by atoms with Crippen LogP contribution in [-0.2, 0) is 22.3 Å². The molecule has 1 N–H and O–H groups in total. The van der Waals surface area contributed by atoms with Crippen LogP contribution in [0.5, 0.6) is 0 Å². The summed E-state index contributed by atoms with van der Waals surface area (Å²) in [5.74, 6) is 0.630. The highest BCUT2D eigenvalue weighted by molar-refractivity contribution is 7.88. The number of nitrogens with one attached hydrogen (secondary N) is 1. The summed E-state index contributed by atoms with van der Waals surface area (Å²) in [6.07, 6.45) is 0. The van der Waals surface area contributed by atoms with E-state index >= 15 is 0 Å². The molecular weight excluding hydrogens is 298 g/mol. The van der Waals surface area contributed by atoms with Gasteiger partial charge in [0.2, 0.25) is 10.0 Å². The van der Waals surface area contributed by atoms with Gasteiger partial charge in [-0.1, -0.05) is 42.5 Å². The lowest BCUT2D eigenvalue weighted by Crippen LogP contribution is -2.28. The number of aromatic nitrogens is 2. The van der Waals surface area contributed by atoms with Crippen LogP contribution in [0.2, 0.25) is 0 Å². The van der Waals surface area contributed by atoms with Gasteiger partial charge in [0.15, 0.2) is 0 Å². The van der Waals surface area contributed by atoms with E-state index in [-0.39, 0.29) is 12.3 Å². The molecule has 0 aliphatic heterocycles. The van der Waals surface area contributed by atoms with Gasteiger partial charge in [0.05, 0.1) is 23.3 Å². The number of sulfonamides is 1. The summed E-state index contributed by atoms with van der Waals surface area (Å²) in [5.41, 5.74) is 2.52. The molecule has 0 radical (unpaired) electrons. The molecular formula is C16H17N3O2S. The molecule has 2 aromatic carbocycles. The lowest BCUT2D eigenvalue weighted by atomic mass is 10.2. The maximum Gasteiger partial charge on any atom is 0.218 e. The second-order valence-electron chi connectivity index (χ2n) is 5.20. The standard InChI is InChI=1S/C16H17N3O2S/c1-19(22(20,21)12-13-7-3-2-4-8-13)11-16-17-14-9-5-6-10-15(14)18-16/h2-10H,11-12H2,1H3,(H,17,18). The first-order chi connectivity index (χ1) is 10.5. The molecule has 0 atom stereocenters. The Bertz CT molecular complexity index is 840. The van der Waals surface area contributed by atoms with Crippen molar-refractivity contribution in [2.75, 3.05) is 7.05 Å². The molecule has 6 heteroatoms. The highest BCUT2D eigenvalue weighted by Gasteiger charge is 2.20. The zero-order valence-corrected chi connectivity index (χ0v) is 13.0. The minimum atomic E-state index is -3.38. The van der Waals surface area contributed by atoms with Crippen molar-refractivity contribution in [3.8, 4) is 0 Å². The van der Waals surface area contributed by atoms with E-state index in [2.05, 4.69) is 9.97 Å². The Morgan fingerprint density at radius 2 is 1.73 bits per heavy atom. The van der Waals surface area contributed by atoms with Crippen molar-refractivity contribution < 1.29 is 8.42 Å². The predicted octanol–water partition coefficient (Wildman–Crippen LogP) is 2.52. The summed E-state index contributed by atoms with van der Waals surface area (Å²) in [7, 11) is -1.80. The molecule has 5 nitrogen and oxygen atoms in total. The number of hydrogen-bond donors (Lipinski definition) is 1. The van der Waals surface area contributed by atoms with Crippen LogP contribution in [0.1, 0.15) is 11.4 Å². The number of hydrogen-bond acceptors (Lipinski definition) is 3. The van der Waals surface area contributed by atoms with E-state index in [0.717, 1.165) is 16.6 Å². The smallest absolute Gasteiger partial charge is 0.218 e. The van der Waals surface area contributed by atoms with Crippen molar-refractivity contribution >= 4 is 21.1 Å².